The first kappa shape index (κ1) is 17.1. The normalized spacial score (nSPS) is 17.4. The average molecular weight is 355 g/mol. The van der Waals surface area contributed by atoms with Crippen LogP contribution in [0.15, 0.2) is 30.3 Å². The number of aromatic nitrogens is 2. The van der Waals surface area contributed by atoms with Crippen LogP contribution in [0.25, 0.3) is 21.9 Å². The number of hydrogen-bond acceptors (Lipinski definition) is 3. The molecule has 138 valence electrons. The van der Waals surface area contributed by atoms with E-state index in [0.717, 1.165) is 41.4 Å². The summed E-state index contributed by atoms with van der Waals surface area (Å²) in [6.07, 6.45) is 2.22. The summed E-state index contributed by atoms with van der Waals surface area (Å²) in [5.74, 6) is -0.0584. The molecule has 1 aliphatic rings. The molecule has 1 saturated heterocycles. The van der Waals surface area contributed by atoms with Crippen LogP contribution in [0, 0.1) is 0 Å². The zero-order valence-corrected chi connectivity index (χ0v) is 15.3. The van der Waals surface area contributed by atoms with E-state index in [2.05, 4.69) is 26.6 Å². The van der Waals surface area contributed by atoms with Crippen molar-refractivity contribution in [1.29, 1.82) is 0 Å². The summed E-state index contributed by atoms with van der Waals surface area (Å²) in [6.45, 7) is 2.54. The minimum atomic E-state index is -0.0584. The zero-order valence-electron chi connectivity index (χ0n) is 15.3. The number of amides is 1. The molecule has 1 atom stereocenters. The Morgan fingerprint density at radius 1 is 1.35 bits per heavy atom. The Bertz CT molecular complexity index is 935. The Morgan fingerprint density at radius 3 is 2.96 bits per heavy atom. The van der Waals surface area contributed by atoms with Gasteiger partial charge in [-0.25, -0.2) is 0 Å². The van der Waals surface area contributed by atoms with Gasteiger partial charge in [0.1, 0.15) is 5.69 Å². The van der Waals surface area contributed by atoms with Crippen LogP contribution < -0.4 is 5.32 Å². The van der Waals surface area contributed by atoms with Gasteiger partial charge in [-0.1, -0.05) is 18.2 Å². The molecule has 1 aromatic carbocycles. The molecule has 1 unspecified atom stereocenters. The van der Waals surface area contributed by atoms with Crippen LogP contribution in [0.1, 0.15) is 23.3 Å². The Labute approximate surface area is 152 Å². The molecule has 0 bridgehead atoms. The molecule has 2 aromatic heterocycles. The number of aryl methyl sites for hydroxylation is 1. The van der Waals surface area contributed by atoms with E-state index in [-0.39, 0.29) is 12.0 Å². The van der Waals surface area contributed by atoms with E-state index in [1.807, 2.05) is 25.2 Å². The van der Waals surface area contributed by atoms with Gasteiger partial charge in [-0.05, 0) is 25.0 Å². The lowest BCUT2D eigenvalue weighted by molar-refractivity contribution is 0.0848. The quantitative estimate of drug-likeness (QED) is 0.740. The van der Waals surface area contributed by atoms with Crippen molar-refractivity contribution in [2.45, 2.75) is 25.5 Å². The van der Waals surface area contributed by atoms with Crippen molar-refractivity contribution in [3.05, 3.63) is 36.0 Å². The summed E-state index contributed by atoms with van der Waals surface area (Å²) in [7, 11) is 3.72. The molecule has 26 heavy (non-hydrogen) atoms. The zero-order chi connectivity index (χ0) is 18.1. The van der Waals surface area contributed by atoms with Gasteiger partial charge >= 0.3 is 0 Å². The molecule has 0 spiro atoms. The summed E-state index contributed by atoms with van der Waals surface area (Å²) < 4.78 is 15.1. The van der Waals surface area contributed by atoms with Gasteiger partial charge in [0.25, 0.3) is 5.91 Å². The minimum Gasteiger partial charge on any atom is -0.383 e. The minimum absolute atomic E-state index is 0.0584. The molecular formula is C20H25N3O3. The Kier molecular flexibility index (Phi) is 4.70. The molecular weight excluding hydrogens is 330 g/mol. The molecule has 3 heterocycles. The number of carbonyl (C=O) groups is 1. The van der Waals surface area contributed by atoms with Crippen molar-refractivity contribution in [2.24, 2.45) is 7.05 Å². The van der Waals surface area contributed by atoms with E-state index in [9.17, 15) is 4.79 Å². The Morgan fingerprint density at radius 2 is 2.19 bits per heavy atom. The second-order valence-electron chi connectivity index (χ2n) is 6.83. The second kappa shape index (κ2) is 7.13. The maximum Gasteiger partial charge on any atom is 0.268 e. The van der Waals surface area contributed by atoms with Gasteiger partial charge in [0.05, 0.1) is 29.3 Å². The van der Waals surface area contributed by atoms with Gasteiger partial charge < -0.3 is 23.9 Å². The number of hydrogen-bond donors (Lipinski definition) is 1. The molecule has 0 radical (unpaired) electrons. The lowest BCUT2D eigenvalue weighted by Gasteiger charge is -2.13. The van der Waals surface area contributed by atoms with Crippen molar-refractivity contribution in [2.75, 3.05) is 26.9 Å². The maximum atomic E-state index is 12.9. The Balaban J connectivity index is 1.73. The molecule has 1 N–H and O–H groups in total. The fourth-order valence-electron chi connectivity index (χ4n) is 3.88. The lowest BCUT2D eigenvalue weighted by atomic mass is 10.2. The molecule has 0 aliphatic carbocycles. The van der Waals surface area contributed by atoms with Crippen molar-refractivity contribution in [1.82, 2.24) is 14.5 Å². The van der Waals surface area contributed by atoms with Crippen LogP contribution >= 0.6 is 0 Å². The molecule has 1 fully saturated rings. The van der Waals surface area contributed by atoms with Crippen LogP contribution in [0.3, 0.4) is 0 Å². The summed E-state index contributed by atoms with van der Waals surface area (Å²) in [4.78, 5) is 12.9. The number of rotatable bonds is 6. The highest BCUT2D eigenvalue weighted by molar-refractivity contribution is 6.10. The van der Waals surface area contributed by atoms with Gasteiger partial charge in [-0.3, -0.25) is 4.79 Å². The standard InChI is InChI=1S/C20H25N3O3/c1-22-16-8-4-3-7-15(16)19-17(22)12-18(23(19)9-11-25-2)20(24)21-13-14-6-5-10-26-14/h3-4,7-8,12,14H,5-6,9-11,13H2,1-2H3,(H,21,24). The summed E-state index contributed by atoms with van der Waals surface area (Å²) in [5, 5.41) is 4.19. The molecule has 6 heteroatoms. The number of benzene rings is 1. The highest BCUT2D eigenvalue weighted by Gasteiger charge is 2.22. The number of nitrogens with one attached hydrogen (secondary N) is 1. The predicted octanol–water partition coefficient (Wildman–Crippen LogP) is 2.69. The van der Waals surface area contributed by atoms with Crippen molar-refractivity contribution in [3.8, 4) is 0 Å². The first-order valence-corrected chi connectivity index (χ1v) is 9.16. The fourth-order valence-corrected chi connectivity index (χ4v) is 3.88. The molecule has 1 aliphatic heterocycles. The number of nitrogens with zero attached hydrogens (tertiary/aromatic N) is 2. The summed E-state index contributed by atoms with van der Waals surface area (Å²) in [6, 6.07) is 10.3. The summed E-state index contributed by atoms with van der Waals surface area (Å²) >= 11 is 0. The highest BCUT2D eigenvalue weighted by atomic mass is 16.5. The third kappa shape index (κ3) is 2.89. The molecule has 4 rings (SSSR count). The van der Waals surface area contributed by atoms with Crippen LogP contribution in [0.2, 0.25) is 0 Å². The largest absolute Gasteiger partial charge is 0.383 e. The number of para-hydroxylation sites is 1. The maximum absolute atomic E-state index is 12.9. The van der Waals surface area contributed by atoms with Gasteiger partial charge in [0.15, 0.2) is 0 Å². The smallest absolute Gasteiger partial charge is 0.268 e. The van der Waals surface area contributed by atoms with Crippen LogP contribution in [0.5, 0.6) is 0 Å². The monoisotopic (exact) mass is 355 g/mol. The van der Waals surface area contributed by atoms with E-state index in [1.54, 1.807) is 7.11 Å². The van der Waals surface area contributed by atoms with E-state index >= 15 is 0 Å². The number of carbonyl (C=O) groups excluding carboxylic acids is 1. The van der Waals surface area contributed by atoms with Crippen LogP contribution in [-0.4, -0.2) is 48.0 Å². The van der Waals surface area contributed by atoms with Gasteiger partial charge in [0, 0.05) is 39.2 Å². The van der Waals surface area contributed by atoms with E-state index < -0.39 is 0 Å². The van der Waals surface area contributed by atoms with Gasteiger partial charge in [-0.2, -0.15) is 0 Å². The third-order valence-electron chi connectivity index (χ3n) is 5.22. The average Bonchev–Trinajstić information content (AvgIpc) is 3.36. The molecule has 1 amide bonds. The number of methoxy groups -OCH3 is 1. The van der Waals surface area contributed by atoms with E-state index in [1.165, 1.54) is 0 Å². The third-order valence-corrected chi connectivity index (χ3v) is 5.22. The van der Waals surface area contributed by atoms with Crippen molar-refractivity contribution in [3.63, 3.8) is 0 Å². The summed E-state index contributed by atoms with van der Waals surface area (Å²) in [5.41, 5.74) is 3.98. The van der Waals surface area contributed by atoms with Crippen LogP contribution in [0.4, 0.5) is 0 Å². The van der Waals surface area contributed by atoms with Gasteiger partial charge in [-0.15, -0.1) is 0 Å². The number of fused-ring (bicyclic) bond motifs is 3. The lowest BCUT2D eigenvalue weighted by Crippen LogP contribution is -2.33. The Hall–Kier alpha value is -2.31. The van der Waals surface area contributed by atoms with Crippen LogP contribution in [-0.2, 0) is 23.1 Å². The predicted molar refractivity (Wildman–Crippen MR) is 102 cm³/mol. The first-order chi connectivity index (χ1) is 12.7. The van der Waals surface area contributed by atoms with E-state index in [0.29, 0.717) is 25.4 Å². The fraction of sp³-hybridized carbons (Fsp3) is 0.450. The molecule has 6 nitrogen and oxygen atoms in total. The van der Waals surface area contributed by atoms with Gasteiger partial charge in [0.2, 0.25) is 0 Å². The van der Waals surface area contributed by atoms with Crippen molar-refractivity contribution < 1.29 is 14.3 Å². The SMILES string of the molecule is COCCn1c(C(=O)NCC2CCCO2)cc2c1c1ccccc1n2C. The topological polar surface area (TPSA) is 57.4 Å². The van der Waals surface area contributed by atoms with E-state index in [4.69, 9.17) is 9.47 Å². The highest BCUT2D eigenvalue weighted by Crippen LogP contribution is 2.31. The second-order valence-corrected chi connectivity index (χ2v) is 6.83. The first-order valence-electron chi connectivity index (χ1n) is 9.16. The molecule has 0 saturated carbocycles. The molecule has 3 aromatic rings. The number of ether oxygens (including phenoxy) is 2. The van der Waals surface area contributed by atoms with Crippen molar-refractivity contribution >= 4 is 27.8 Å².